The first-order valence-electron chi connectivity index (χ1n) is 9.44. The van der Waals surface area contributed by atoms with E-state index >= 15 is 0 Å². The van der Waals surface area contributed by atoms with Crippen molar-refractivity contribution < 1.29 is 5.11 Å². The number of hydrogen-bond donors (Lipinski definition) is 3. The Morgan fingerprint density at radius 3 is 2.68 bits per heavy atom. The number of nitrogens with zero attached hydrogens (tertiary/aromatic N) is 3. The normalized spacial score (nSPS) is 18.9. The van der Waals surface area contributed by atoms with Gasteiger partial charge in [0.15, 0.2) is 5.82 Å². The number of anilines is 1. The minimum atomic E-state index is 0.175. The first-order valence-corrected chi connectivity index (χ1v) is 9.44. The molecule has 3 N–H and O–H groups in total. The second kappa shape index (κ2) is 7.48. The quantitative estimate of drug-likeness (QED) is 0.636. The average Bonchev–Trinajstić information content (AvgIpc) is 3.16. The highest BCUT2D eigenvalue weighted by Gasteiger charge is 2.27. The molecule has 28 heavy (non-hydrogen) atoms. The number of rotatable bonds is 5. The molecule has 2 atom stereocenters. The van der Waals surface area contributed by atoms with Crippen LogP contribution in [0.4, 0.5) is 5.82 Å². The van der Waals surface area contributed by atoms with Crippen molar-refractivity contribution in [1.29, 1.82) is 0 Å². The topological polar surface area (TPSA) is 73.3 Å². The van der Waals surface area contributed by atoms with E-state index in [4.69, 9.17) is 4.98 Å². The van der Waals surface area contributed by atoms with Gasteiger partial charge in [-0.1, -0.05) is 30.8 Å². The van der Waals surface area contributed by atoms with Gasteiger partial charge in [-0.15, -0.1) is 0 Å². The molecule has 3 aromatic rings. The molecule has 0 unspecified atom stereocenters. The molecular formula is C22H25N5O. The third-order valence-electron chi connectivity index (χ3n) is 5.20. The number of hydrogen-bond acceptors (Lipinski definition) is 6. The highest BCUT2D eigenvalue weighted by molar-refractivity contribution is 5.91. The summed E-state index contributed by atoms with van der Waals surface area (Å²) in [7, 11) is 4.03. The van der Waals surface area contributed by atoms with Gasteiger partial charge in [-0.2, -0.15) is 0 Å². The van der Waals surface area contributed by atoms with Gasteiger partial charge >= 0.3 is 0 Å². The number of aromatic nitrogens is 2. The lowest BCUT2D eigenvalue weighted by atomic mass is 10.1. The second-order valence-corrected chi connectivity index (χ2v) is 7.35. The van der Waals surface area contributed by atoms with E-state index in [0.29, 0.717) is 11.4 Å². The number of phenolic OH excluding ortho intramolecular Hbond substituents is 1. The lowest BCUT2D eigenvalue weighted by molar-refractivity contribution is 0.447. The first kappa shape index (κ1) is 18.3. The third-order valence-corrected chi connectivity index (χ3v) is 5.20. The van der Waals surface area contributed by atoms with Gasteiger partial charge in [0, 0.05) is 43.8 Å². The van der Waals surface area contributed by atoms with Crippen molar-refractivity contribution in [3.05, 3.63) is 60.8 Å². The second-order valence-electron chi connectivity index (χ2n) is 7.35. The molecule has 4 rings (SSSR count). The third kappa shape index (κ3) is 3.51. The molecule has 0 radical (unpaired) electrons. The van der Waals surface area contributed by atoms with Crippen LogP contribution in [0.5, 0.6) is 5.75 Å². The van der Waals surface area contributed by atoms with E-state index in [2.05, 4.69) is 27.1 Å². The fourth-order valence-electron chi connectivity index (χ4n) is 3.57. The SMILES string of the molecule is C=C([C@H]1C[C@H](Nc2nc(-c3ccccc3O)nc3ccccc23)CN1)N(C)C. The summed E-state index contributed by atoms with van der Waals surface area (Å²) in [6.07, 6.45) is 0.932. The molecule has 0 saturated carbocycles. The number of fused-ring (bicyclic) bond motifs is 1. The van der Waals surface area contributed by atoms with Crippen LogP contribution in [0.25, 0.3) is 22.3 Å². The van der Waals surface area contributed by atoms with Gasteiger partial charge in [-0.05, 0) is 30.7 Å². The standard InChI is InChI=1S/C22H25N5O/c1-14(27(2)3)19-12-15(13-23-19)24-21-16-8-4-6-10-18(16)25-22(26-21)17-9-5-7-11-20(17)28/h4-11,15,19,23,28H,1,12-13H2,2-3H3,(H,24,25,26)/t15-,19+/m0/s1. The van der Waals surface area contributed by atoms with E-state index in [-0.39, 0.29) is 17.8 Å². The van der Waals surface area contributed by atoms with Crippen molar-refractivity contribution in [2.24, 2.45) is 0 Å². The maximum atomic E-state index is 10.2. The van der Waals surface area contributed by atoms with Crippen molar-refractivity contribution in [3.8, 4) is 17.1 Å². The maximum Gasteiger partial charge on any atom is 0.165 e. The number of aromatic hydroxyl groups is 1. The van der Waals surface area contributed by atoms with Crippen LogP contribution in [-0.2, 0) is 0 Å². The molecule has 1 aromatic heterocycles. The van der Waals surface area contributed by atoms with E-state index in [1.54, 1.807) is 12.1 Å². The summed E-state index contributed by atoms with van der Waals surface area (Å²) in [4.78, 5) is 11.5. The Kier molecular flexibility index (Phi) is 4.88. The first-order chi connectivity index (χ1) is 13.5. The Bertz CT molecular complexity index is 1020. The van der Waals surface area contributed by atoms with Gasteiger partial charge in [0.05, 0.1) is 11.1 Å². The van der Waals surface area contributed by atoms with Crippen molar-refractivity contribution in [2.75, 3.05) is 26.0 Å². The summed E-state index contributed by atoms with van der Waals surface area (Å²) in [5.74, 6) is 1.47. The summed E-state index contributed by atoms with van der Waals surface area (Å²) < 4.78 is 0. The molecule has 1 aliphatic rings. The largest absolute Gasteiger partial charge is 0.507 e. The van der Waals surface area contributed by atoms with Gasteiger partial charge in [0.1, 0.15) is 11.6 Å². The summed E-state index contributed by atoms with van der Waals surface area (Å²) in [5.41, 5.74) is 2.55. The molecule has 1 fully saturated rings. The molecule has 0 bridgehead atoms. The zero-order valence-corrected chi connectivity index (χ0v) is 16.2. The number of nitrogens with one attached hydrogen (secondary N) is 2. The van der Waals surface area contributed by atoms with Crippen LogP contribution >= 0.6 is 0 Å². The summed E-state index contributed by atoms with van der Waals surface area (Å²) in [5, 5.41) is 18.3. The predicted octanol–water partition coefficient (Wildman–Crippen LogP) is 3.22. The van der Waals surface area contributed by atoms with E-state index in [9.17, 15) is 5.11 Å². The van der Waals surface area contributed by atoms with E-state index in [0.717, 1.165) is 35.4 Å². The van der Waals surface area contributed by atoms with E-state index < -0.39 is 0 Å². The fourth-order valence-corrected chi connectivity index (χ4v) is 3.57. The monoisotopic (exact) mass is 375 g/mol. The Morgan fingerprint density at radius 2 is 1.89 bits per heavy atom. The summed E-state index contributed by atoms with van der Waals surface area (Å²) >= 11 is 0. The summed E-state index contributed by atoms with van der Waals surface area (Å²) in [6.45, 7) is 5.01. The van der Waals surface area contributed by atoms with Crippen LogP contribution < -0.4 is 10.6 Å². The van der Waals surface area contributed by atoms with Crippen molar-refractivity contribution in [1.82, 2.24) is 20.2 Å². The van der Waals surface area contributed by atoms with Crippen LogP contribution in [0.2, 0.25) is 0 Å². The number of phenols is 1. The smallest absolute Gasteiger partial charge is 0.165 e. The molecule has 2 aromatic carbocycles. The molecule has 6 nitrogen and oxygen atoms in total. The van der Waals surface area contributed by atoms with Crippen LogP contribution in [0.15, 0.2) is 60.8 Å². The zero-order valence-electron chi connectivity index (χ0n) is 16.2. The minimum Gasteiger partial charge on any atom is -0.507 e. The molecule has 2 heterocycles. The molecule has 144 valence electrons. The molecular weight excluding hydrogens is 350 g/mol. The number of para-hydroxylation sites is 2. The van der Waals surface area contributed by atoms with Crippen LogP contribution in [0.1, 0.15) is 6.42 Å². The molecule has 1 saturated heterocycles. The van der Waals surface area contributed by atoms with Gasteiger partial charge in [0.2, 0.25) is 0 Å². The predicted molar refractivity (Wildman–Crippen MR) is 113 cm³/mol. The highest BCUT2D eigenvalue weighted by Crippen LogP contribution is 2.30. The van der Waals surface area contributed by atoms with E-state index in [1.807, 2.05) is 50.5 Å². The molecule has 0 aliphatic carbocycles. The van der Waals surface area contributed by atoms with Crippen LogP contribution in [0, 0.1) is 0 Å². The Balaban J connectivity index is 1.67. The molecule has 6 heteroatoms. The average molecular weight is 375 g/mol. The molecule has 0 amide bonds. The van der Waals surface area contributed by atoms with Gasteiger partial charge < -0.3 is 20.6 Å². The molecule has 0 spiro atoms. The van der Waals surface area contributed by atoms with Gasteiger partial charge in [-0.25, -0.2) is 9.97 Å². The Hall–Kier alpha value is -3.12. The van der Waals surface area contributed by atoms with Crippen molar-refractivity contribution >= 4 is 16.7 Å². The van der Waals surface area contributed by atoms with Crippen molar-refractivity contribution in [2.45, 2.75) is 18.5 Å². The number of benzene rings is 2. The Labute approximate surface area is 164 Å². The number of likely N-dealkylation sites (N-methyl/N-ethyl adjacent to an activating group) is 1. The lowest BCUT2D eigenvalue weighted by Crippen LogP contribution is -2.30. The lowest BCUT2D eigenvalue weighted by Gasteiger charge is -2.22. The van der Waals surface area contributed by atoms with Crippen molar-refractivity contribution in [3.63, 3.8) is 0 Å². The van der Waals surface area contributed by atoms with Crippen LogP contribution in [-0.4, -0.2) is 52.7 Å². The Morgan fingerprint density at radius 1 is 1.14 bits per heavy atom. The van der Waals surface area contributed by atoms with Gasteiger partial charge in [0.25, 0.3) is 0 Å². The zero-order chi connectivity index (χ0) is 19.7. The highest BCUT2D eigenvalue weighted by atomic mass is 16.3. The minimum absolute atomic E-state index is 0.175. The van der Waals surface area contributed by atoms with Crippen LogP contribution in [0.3, 0.4) is 0 Å². The molecule has 1 aliphatic heterocycles. The maximum absolute atomic E-state index is 10.2. The van der Waals surface area contributed by atoms with Gasteiger partial charge in [-0.3, -0.25) is 0 Å². The summed E-state index contributed by atoms with van der Waals surface area (Å²) in [6, 6.07) is 15.6. The van der Waals surface area contributed by atoms with E-state index in [1.165, 1.54) is 0 Å². The fraction of sp³-hybridized carbons (Fsp3) is 0.273.